The van der Waals surface area contributed by atoms with Gasteiger partial charge < -0.3 is 5.11 Å². The van der Waals surface area contributed by atoms with Crippen molar-refractivity contribution in [3.05, 3.63) is 77.9 Å². The molecule has 1 aliphatic rings. The monoisotopic (exact) mass is 467 g/mol. The highest BCUT2D eigenvalue weighted by molar-refractivity contribution is 7.91. The molecule has 2 aromatic carbocycles. The fourth-order valence-corrected chi connectivity index (χ4v) is 6.19. The summed E-state index contributed by atoms with van der Waals surface area (Å²) >= 11 is 0.859. The van der Waals surface area contributed by atoms with Crippen LogP contribution < -0.4 is 4.72 Å². The second-order valence-corrected chi connectivity index (χ2v) is 10.2. The molecule has 10 heteroatoms. The third kappa shape index (κ3) is 4.10. The van der Waals surface area contributed by atoms with Crippen LogP contribution >= 0.6 is 11.3 Å². The molecular formula is C21H16F3NO4S2. The van der Waals surface area contributed by atoms with Crippen molar-refractivity contribution in [3.8, 4) is 10.4 Å². The van der Waals surface area contributed by atoms with E-state index in [0.717, 1.165) is 29.0 Å². The summed E-state index contributed by atoms with van der Waals surface area (Å²) in [5.74, 6) is -1.75. The van der Waals surface area contributed by atoms with Crippen molar-refractivity contribution in [3.63, 3.8) is 0 Å². The van der Waals surface area contributed by atoms with Crippen molar-refractivity contribution in [1.82, 2.24) is 4.72 Å². The number of hydrogen-bond donors (Lipinski definition) is 2. The molecule has 162 valence electrons. The summed E-state index contributed by atoms with van der Waals surface area (Å²) in [7, 11) is -4.15. The number of carbonyl (C=O) groups is 1. The maximum absolute atomic E-state index is 12.9. The first-order valence-corrected chi connectivity index (χ1v) is 11.4. The minimum atomic E-state index is -4.46. The Balaban J connectivity index is 1.57. The van der Waals surface area contributed by atoms with E-state index in [2.05, 4.69) is 4.72 Å². The summed E-state index contributed by atoms with van der Waals surface area (Å²) in [5, 5.41) is 9.71. The smallest absolute Gasteiger partial charge is 0.416 e. The molecule has 2 N–H and O–H groups in total. The topological polar surface area (TPSA) is 83.5 Å². The molecule has 0 aliphatic heterocycles. The zero-order valence-corrected chi connectivity index (χ0v) is 17.4. The van der Waals surface area contributed by atoms with Gasteiger partial charge in [0, 0.05) is 10.8 Å². The number of halogens is 3. The number of carboxylic acids is 1. The Kier molecular flexibility index (Phi) is 5.19. The van der Waals surface area contributed by atoms with E-state index >= 15 is 0 Å². The molecule has 1 aromatic heterocycles. The quantitative estimate of drug-likeness (QED) is 0.549. The first-order valence-electron chi connectivity index (χ1n) is 9.13. The van der Waals surface area contributed by atoms with E-state index in [9.17, 15) is 31.5 Å². The standard InChI is InChI=1S/C21H16F3NO4S2/c22-21(23,24)15-8-6-14(7-9-15)17-10-11-18(30-17)31(28,29)25-20(19(26)27)12-16(20)13-4-2-1-3-5-13/h1-11,16,25H,12H2,(H,26,27). The summed E-state index contributed by atoms with van der Waals surface area (Å²) in [5.41, 5.74) is -1.27. The number of hydrogen-bond acceptors (Lipinski definition) is 4. The lowest BCUT2D eigenvalue weighted by Crippen LogP contribution is -2.44. The predicted octanol–water partition coefficient (Wildman–Crippen LogP) is 4.72. The number of nitrogens with one attached hydrogen (secondary N) is 1. The second kappa shape index (κ2) is 7.47. The van der Waals surface area contributed by atoms with Gasteiger partial charge in [-0.3, -0.25) is 4.79 Å². The van der Waals surface area contributed by atoms with Crippen LogP contribution in [0.2, 0.25) is 0 Å². The van der Waals surface area contributed by atoms with Crippen LogP contribution in [0, 0.1) is 0 Å². The fraction of sp³-hybridized carbons (Fsp3) is 0.190. The summed E-state index contributed by atoms with van der Waals surface area (Å²) in [6.45, 7) is 0. The third-order valence-corrected chi connectivity index (χ3v) is 8.34. The van der Waals surface area contributed by atoms with Gasteiger partial charge in [-0.25, -0.2) is 8.42 Å². The molecule has 0 saturated heterocycles. The number of aliphatic carboxylic acids is 1. The molecule has 2 atom stereocenters. The molecule has 0 spiro atoms. The molecule has 1 aliphatic carbocycles. The van der Waals surface area contributed by atoms with Crippen LogP contribution in [-0.4, -0.2) is 25.0 Å². The Bertz CT molecular complexity index is 1220. The van der Waals surface area contributed by atoms with Gasteiger partial charge in [-0.15, -0.1) is 11.3 Å². The molecule has 0 bridgehead atoms. The van der Waals surface area contributed by atoms with E-state index in [4.69, 9.17) is 0 Å². The van der Waals surface area contributed by atoms with Crippen molar-refractivity contribution in [2.45, 2.75) is 28.3 Å². The molecule has 1 fully saturated rings. The molecule has 1 heterocycles. The van der Waals surface area contributed by atoms with Gasteiger partial charge in [0.2, 0.25) is 0 Å². The van der Waals surface area contributed by atoms with Crippen molar-refractivity contribution >= 4 is 27.3 Å². The van der Waals surface area contributed by atoms with E-state index in [1.54, 1.807) is 30.3 Å². The first-order chi connectivity index (χ1) is 14.5. The lowest BCUT2D eigenvalue weighted by Gasteiger charge is -2.14. The van der Waals surface area contributed by atoms with Gasteiger partial charge in [0.15, 0.2) is 0 Å². The summed E-state index contributed by atoms with van der Waals surface area (Å²) < 4.78 is 66.2. The Morgan fingerprint density at radius 1 is 1.03 bits per heavy atom. The van der Waals surface area contributed by atoms with E-state index in [0.29, 0.717) is 10.4 Å². The number of alkyl halides is 3. The van der Waals surface area contributed by atoms with Crippen molar-refractivity contribution in [1.29, 1.82) is 0 Å². The zero-order chi connectivity index (χ0) is 22.4. The lowest BCUT2D eigenvalue weighted by molar-refractivity contribution is -0.140. The molecule has 1 saturated carbocycles. The molecule has 2 unspecified atom stereocenters. The van der Waals surface area contributed by atoms with Crippen molar-refractivity contribution in [2.24, 2.45) is 0 Å². The SMILES string of the molecule is O=C(O)C1(NS(=O)(=O)c2ccc(-c3ccc(C(F)(F)F)cc3)s2)CC1c1ccccc1. The first kappa shape index (κ1) is 21.5. The minimum absolute atomic E-state index is 0.110. The van der Waals surface area contributed by atoms with E-state index in [1.807, 2.05) is 0 Å². The van der Waals surface area contributed by atoms with Crippen LogP contribution in [-0.2, 0) is 21.0 Å². The molecule has 4 rings (SSSR count). The van der Waals surface area contributed by atoms with Crippen LogP contribution in [0.3, 0.4) is 0 Å². The highest BCUT2D eigenvalue weighted by Gasteiger charge is 2.63. The van der Waals surface area contributed by atoms with E-state index in [1.165, 1.54) is 24.3 Å². The number of carboxylic acid groups (broad SMARTS) is 1. The van der Waals surface area contributed by atoms with Gasteiger partial charge in [0.1, 0.15) is 9.75 Å². The van der Waals surface area contributed by atoms with Gasteiger partial charge in [0.25, 0.3) is 10.0 Å². The molecule has 0 amide bonds. The van der Waals surface area contributed by atoms with Gasteiger partial charge in [-0.2, -0.15) is 17.9 Å². The van der Waals surface area contributed by atoms with Gasteiger partial charge in [0.05, 0.1) is 5.56 Å². The largest absolute Gasteiger partial charge is 0.480 e. The average molecular weight is 467 g/mol. The van der Waals surface area contributed by atoms with Crippen LogP contribution in [0.1, 0.15) is 23.5 Å². The lowest BCUT2D eigenvalue weighted by atomic mass is 10.1. The van der Waals surface area contributed by atoms with Crippen LogP contribution in [0.15, 0.2) is 70.9 Å². The zero-order valence-electron chi connectivity index (χ0n) is 15.8. The summed E-state index contributed by atoms with van der Waals surface area (Å²) in [4.78, 5) is 12.4. The Morgan fingerprint density at radius 3 is 2.26 bits per heavy atom. The average Bonchev–Trinajstić information content (AvgIpc) is 3.21. The number of rotatable bonds is 6. The molecule has 5 nitrogen and oxygen atoms in total. The summed E-state index contributed by atoms with van der Waals surface area (Å²) in [6, 6.07) is 16.0. The van der Waals surface area contributed by atoms with Gasteiger partial charge >= 0.3 is 12.1 Å². The minimum Gasteiger partial charge on any atom is -0.480 e. The molecule has 31 heavy (non-hydrogen) atoms. The highest BCUT2D eigenvalue weighted by Crippen LogP contribution is 2.52. The summed E-state index contributed by atoms with van der Waals surface area (Å²) in [6.07, 6.45) is -4.33. The van der Waals surface area contributed by atoms with Crippen LogP contribution in [0.4, 0.5) is 13.2 Å². The number of thiophene rings is 1. The predicted molar refractivity (Wildman–Crippen MR) is 109 cm³/mol. The Hall–Kier alpha value is -2.69. The second-order valence-electron chi connectivity index (χ2n) is 7.24. The number of sulfonamides is 1. The third-order valence-electron chi connectivity index (χ3n) is 5.20. The van der Waals surface area contributed by atoms with Gasteiger partial charge in [-0.1, -0.05) is 42.5 Å². The van der Waals surface area contributed by atoms with Crippen LogP contribution in [0.25, 0.3) is 10.4 Å². The maximum Gasteiger partial charge on any atom is 0.416 e. The Morgan fingerprint density at radius 2 is 1.68 bits per heavy atom. The normalized spacial score (nSPS) is 21.1. The maximum atomic E-state index is 12.9. The molecular weight excluding hydrogens is 451 g/mol. The Labute approximate surface area is 180 Å². The highest BCUT2D eigenvalue weighted by atomic mass is 32.2. The molecule has 0 radical (unpaired) electrons. The van der Waals surface area contributed by atoms with Crippen molar-refractivity contribution in [2.75, 3.05) is 0 Å². The van der Waals surface area contributed by atoms with Crippen LogP contribution in [0.5, 0.6) is 0 Å². The van der Waals surface area contributed by atoms with E-state index in [-0.39, 0.29) is 10.6 Å². The number of benzene rings is 2. The fourth-order valence-electron chi connectivity index (χ4n) is 3.48. The van der Waals surface area contributed by atoms with E-state index < -0.39 is 39.2 Å². The van der Waals surface area contributed by atoms with Crippen molar-refractivity contribution < 1.29 is 31.5 Å². The van der Waals surface area contributed by atoms with Gasteiger partial charge in [-0.05, 0) is 41.8 Å². The molecule has 3 aromatic rings.